The summed E-state index contributed by atoms with van der Waals surface area (Å²) in [5, 5.41) is 0. The van der Waals surface area contributed by atoms with E-state index in [4.69, 9.17) is 0 Å². The van der Waals surface area contributed by atoms with Crippen LogP contribution in [-0.4, -0.2) is 19.9 Å². The van der Waals surface area contributed by atoms with Crippen molar-refractivity contribution in [2.45, 2.75) is 0 Å². The second kappa shape index (κ2) is 7.97. The first kappa shape index (κ1) is 17.8. The van der Waals surface area contributed by atoms with Crippen LogP contribution in [0.3, 0.4) is 0 Å². The molecule has 0 amide bonds. The van der Waals surface area contributed by atoms with Gasteiger partial charge in [0, 0.05) is 12.1 Å². The molecule has 0 unspecified atom stereocenters. The van der Waals surface area contributed by atoms with E-state index in [1.54, 1.807) is 24.8 Å². The third kappa shape index (κ3) is 3.66. The Hall–Kier alpha value is -4.32. The normalized spacial score (nSPS) is 10.7. The molecule has 0 saturated carbocycles. The van der Waals surface area contributed by atoms with Gasteiger partial charge in [-0.3, -0.25) is 0 Å². The van der Waals surface area contributed by atoms with Crippen molar-refractivity contribution >= 4 is 0 Å². The molecule has 1 aromatic carbocycles. The summed E-state index contributed by atoms with van der Waals surface area (Å²) >= 11 is 0. The number of pyridine rings is 2. The molecule has 0 fully saturated rings. The zero-order valence-electron chi connectivity index (χ0n) is 16.1. The molecule has 5 aromatic rings. The standard InChI is InChI=1S/C24H18N6/c1-11-25-23(26-12-1)29-15-7-21(8-16-29)19-3-5-20(6-4-19)22-9-17-30(18-10-22)24-27-13-2-14-28-24/h1-18H/q+2. The topological polar surface area (TPSA) is 59.3 Å². The molecule has 0 aliphatic carbocycles. The number of hydrogen-bond donors (Lipinski definition) is 0. The maximum atomic E-state index is 4.26. The van der Waals surface area contributed by atoms with E-state index >= 15 is 0 Å². The number of benzene rings is 1. The van der Waals surface area contributed by atoms with Gasteiger partial charge in [0.05, 0.1) is 24.8 Å². The van der Waals surface area contributed by atoms with Gasteiger partial charge in [-0.2, -0.15) is 0 Å². The Morgan fingerprint density at radius 2 is 0.700 bits per heavy atom. The Bertz CT molecular complexity index is 1140. The zero-order chi connectivity index (χ0) is 20.2. The predicted molar refractivity (Wildman–Crippen MR) is 112 cm³/mol. The van der Waals surface area contributed by atoms with Crippen LogP contribution in [0.5, 0.6) is 0 Å². The maximum Gasteiger partial charge on any atom is 0.437 e. The lowest BCUT2D eigenvalue weighted by molar-refractivity contribution is -0.603. The van der Waals surface area contributed by atoms with Gasteiger partial charge in [0.1, 0.15) is 24.8 Å². The van der Waals surface area contributed by atoms with Gasteiger partial charge in [-0.1, -0.05) is 44.2 Å². The second-order valence-corrected chi connectivity index (χ2v) is 6.66. The smallest absolute Gasteiger partial charge is 0.206 e. The van der Waals surface area contributed by atoms with Crippen molar-refractivity contribution in [3.05, 3.63) is 110 Å². The van der Waals surface area contributed by atoms with Crippen LogP contribution in [-0.2, 0) is 0 Å². The van der Waals surface area contributed by atoms with Crippen molar-refractivity contribution in [3.8, 4) is 34.2 Å². The SMILES string of the molecule is c1cnc(-[n+]2ccc(-c3ccc(-c4cc[n+](-c5ncccn5)cc4)cc3)cc2)nc1. The fraction of sp³-hybridized carbons (Fsp3) is 0. The summed E-state index contributed by atoms with van der Waals surface area (Å²) in [6.07, 6.45) is 14.8. The first-order chi connectivity index (χ1) is 14.9. The van der Waals surface area contributed by atoms with Crippen molar-refractivity contribution in [2.75, 3.05) is 0 Å². The number of aromatic nitrogens is 6. The minimum absolute atomic E-state index is 0.654. The fourth-order valence-electron chi connectivity index (χ4n) is 3.21. The van der Waals surface area contributed by atoms with Crippen molar-refractivity contribution in [3.63, 3.8) is 0 Å². The highest BCUT2D eigenvalue weighted by atomic mass is 15.1. The summed E-state index contributed by atoms with van der Waals surface area (Å²) in [5.74, 6) is 1.31. The molecule has 0 N–H and O–H groups in total. The van der Waals surface area contributed by atoms with Gasteiger partial charge in [-0.25, -0.2) is 9.13 Å². The molecule has 0 bridgehead atoms. The van der Waals surface area contributed by atoms with Crippen LogP contribution in [0.1, 0.15) is 0 Å². The van der Waals surface area contributed by atoms with E-state index in [1.165, 1.54) is 0 Å². The number of nitrogens with zero attached hydrogens (tertiary/aromatic N) is 6. The van der Waals surface area contributed by atoms with Crippen LogP contribution in [0.15, 0.2) is 110 Å². The molecule has 0 aliphatic rings. The average Bonchev–Trinajstić information content (AvgIpc) is 2.85. The van der Waals surface area contributed by atoms with E-state index in [2.05, 4.69) is 68.5 Å². The van der Waals surface area contributed by atoms with Gasteiger partial charge in [0.25, 0.3) is 0 Å². The highest BCUT2D eigenvalue weighted by molar-refractivity contribution is 5.69. The summed E-state index contributed by atoms with van der Waals surface area (Å²) < 4.78 is 3.79. The van der Waals surface area contributed by atoms with Crippen LogP contribution >= 0.6 is 0 Å². The van der Waals surface area contributed by atoms with Gasteiger partial charge in [0.2, 0.25) is 0 Å². The van der Waals surface area contributed by atoms with Crippen LogP contribution < -0.4 is 9.13 Å². The van der Waals surface area contributed by atoms with E-state index < -0.39 is 0 Å². The summed E-state index contributed by atoms with van der Waals surface area (Å²) in [5.41, 5.74) is 4.59. The number of rotatable bonds is 4. The molecule has 142 valence electrons. The molecule has 5 rings (SSSR count). The molecule has 6 heteroatoms. The van der Waals surface area contributed by atoms with Gasteiger partial charge >= 0.3 is 11.9 Å². The summed E-state index contributed by atoms with van der Waals surface area (Å²) in [7, 11) is 0. The van der Waals surface area contributed by atoms with Crippen LogP contribution in [0.25, 0.3) is 34.2 Å². The van der Waals surface area contributed by atoms with Crippen LogP contribution in [0.2, 0.25) is 0 Å². The van der Waals surface area contributed by atoms with Crippen molar-refractivity contribution in [1.29, 1.82) is 0 Å². The Labute approximate surface area is 173 Å². The lowest BCUT2D eigenvalue weighted by Crippen LogP contribution is -2.31. The first-order valence-corrected chi connectivity index (χ1v) is 9.55. The fourth-order valence-corrected chi connectivity index (χ4v) is 3.21. The molecular weight excluding hydrogens is 372 g/mol. The third-order valence-electron chi connectivity index (χ3n) is 4.78. The van der Waals surface area contributed by atoms with Crippen LogP contribution in [0.4, 0.5) is 0 Å². The molecule has 0 aliphatic heterocycles. The van der Waals surface area contributed by atoms with Crippen molar-refractivity contribution in [1.82, 2.24) is 19.9 Å². The van der Waals surface area contributed by atoms with Gasteiger partial charge in [-0.05, 0) is 46.5 Å². The minimum atomic E-state index is 0.654. The van der Waals surface area contributed by atoms with Gasteiger partial charge in [0.15, 0.2) is 0 Å². The van der Waals surface area contributed by atoms with Gasteiger partial charge in [-0.15, -0.1) is 0 Å². The van der Waals surface area contributed by atoms with E-state index in [9.17, 15) is 0 Å². The Morgan fingerprint density at radius 1 is 0.400 bits per heavy atom. The Balaban J connectivity index is 1.35. The molecule has 4 heterocycles. The van der Waals surface area contributed by atoms with Crippen molar-refractivity contribution < 1.29 is 9.13 Å². The second-order valence-electron chi connectivity index (χ2n) is 6.66. The van der Waals surface area contributed by atoms with E-state index in [0.29, 0.717) is 11.9 Å². The van der Waals surface area contributed by atoms with E-state index in [1.807, 2.05) is 46.1 Å². The summed E-state index contributed by atoms with van der Waals surface area (Å²) in [6.45, 7) is 0. The zero-order valence-corrected chi connectivity index (χ0v) is 16.1. The summed E-state index contributed by atoms with van der Waals surface area (Å²) in [4.78, 5) is 17.1. The predicted octanol–water partition coefficient (Wildman–Crippen LogP) is 3.15. The third-order valence-corrected chi connectivity index (χ3v) is 4.78. The quantitative estimate of drug-likeness (QED) is 0.442. The molecule has 0 spiro atoms. The van der Waals surface area contributed by atoms with Gasteiger partial charge < -0.3 is 0 Å². The molecular formula is C24H18N6+2. The highest BCUT2D eigenvalue weighted by Crippen LogP contribution is 2.23. The maximum absolute atomic E-state index is 4.26. The summed E-state index contributed by atoms with van der Waals surface area (Å²) in [6, 6.07) is 20.4. The Morgan fingerprint density at radius 3 is 1.03 bits per heavy atom. The molecule has 6 nitrogen and oxygen atoms in total. The Kier molecular flexibility index (Phi) is 4.72. The monoisotopic (exact) mass is 390 g/mol. The molecule has 30 heavy (non-hydrogen) atoms. The largest absolute Gasteiger partial charge is 0.437 e. The van der Waals surface area contributed by atoms with E-state index in [-0.39, 0.29) is 0 Å². The van der Waals surface area contributed by atoms with Crippen molar-refractivity contribution in [2.24, 2.45) is 0 Å². The molecule has 0 saturated heterocycles. The number of hydrogen-bond acceptors (Lipinski definition) is 4. The van der Waals surface area contributed by atoms with E-state index in [0.717, 1.165) is 22.3 Å². The lowest BCUT2D eigenvalue weighted by atomic mass is 10.0. The highest BCUT2D eigenvalue weighted by Gasteiger charge is 2.09. The average molecular weight is 390 g/mol. The molecule has 0 radical (unpaired) electrons. The molecule has 4 aromatic heterocycles. The molecule has 0 atom stereocenters. The first-order valence-electron chi connectivity index (χ1n) is 9.55. The van der Waals surface area contributed by atoms with Crippen LogP contribution in [0, 0.1) is 0 Å². The minimum Gasteiger partial charge on any atom is -0.206 e. The lowest BCUT2D eigenvalue weighted by Gasteiger charge is -2.06.